The molecule has 0 unspecified atom stereocenters. The lowest BCUT2D eigenvalue weighted by molar-refractivity contribution is 1.66. The Morgan fingerprint density at radius 3 is 1.31 bits per heavy atom. The maximum absolute atomic E-state index is 2.53. The third-order valence-corrected chi connectivity index (χ3v) is 11.9. The number of hydrogen-bond donors (Lipinski definition) is 0. The Morgan fingerprint density at radius 2 is 0.648 bits per heavy atom. The van der Waals surface area contributed by atoms with Crippen molar-refractivity contribution in [3.05, 3.63) is 194 Å². The van der Waals surface area contributed by atoms with E-state index >= 15 is 0 Å². The molecule has 0 aliphatic heterocycles. The zero-order valence-electron chi connectivity index (χ0n) is 29.5. The van der Waals surface area contributed by atoms with Gasteiger partial charge in [0.05, 0.1) is 0 Å². The lowest BCUT2D eigenvalue weighted by atomic mass is 9.83. The maximum Gasteiger partial charge on any atom is -0.000719 e. The molecule has 0 N–H and O–H groups in total. The summed E-state index contributed by atoms with van der Waals surface area (Å²) < 4.78 is 0. The number of benzene rings is 10. The van der Waals surface area contributed by atoms with Gasteiger partial charge in [0.25, 0.3) is 0 Å². The third-order valence-electron chi connectivity index (χ3n) is 11.9. The summed E-state index contributed by atoms with van der Waals surface area (Å²) in [6, 6.07) is 72.2. The minimum atomic E-state index is 1.23. The molecule has 0 nitrogen and oxygen atoms in total. The van der Waals surface area contributed by atoms with Gasteiger partial charge >= 0.3 is 0 Å². The highest BCUT2D eigenvalue weighted by atomic mass is 14.3. The summed E-state index contributed by atoms with van der Waals surface area (Å²) in [4.78, 5) is 0. The Kier molecular flexibility index (Phi) is 6.15. The predicted octanol–water partition coefficient (Wildman–Crippen LogP) is 15.3. The Hall–Kier alpha value is -7.02. The van der Waals surface area contributed by atoms with Crippen LogP contribution in [0.4, 0.5) is 0 Å². The molecule has 0 fully saturated rings. The van der Waals surface area contributed by atoms with Crippen LogP contribution < -0.4 is 0 Å². The topological polar surface area (TPSA) is 0 Å². The van der Waals surface area contributed by atoms with Crippen molar-refractivity contribution < 1.29 is 0 Å². The van der Waals surface area contributed by atoms with E-state index in [1.165, 1.54) is 120 Å². The molecule has 0 aromatic heterocycles. The van der Waals surface area contributed by atoms with Gasteiger partial charge in [-0.15, -0.1) is 0 Å². The summed E-state index contributed by atoms with van der Waals surface area (Å²) in [5, 5.41) is 18.4. The zero-order chi connectivity index (χ0) is 35.3. The molecular weight excluding hydrogens is 649 g/mol. The van der Waals surface area contributed by atoms with Crippen LogP contribution in [0.3, 0.4) is 0 Å². The van der Waals surface area contributed by atoms with Crippen LogP contribution in [0, 0.1) is 0 Å². The largest absolute Gasteiger partial charge is 0.0622 e. The van der Waals surface area contributed by atoms with Crippen molar-refractivity contribution in [1.82, 2.24) is 0 Å². The fraction of sp³-hybridized carbons (Fsp3) is 0. The van der Waals surface area contributed by atoms with Gasteiger partial charge in [-0.05, 0) is 138 Å². The van der Waals surface area contributed by atoms with Crippen LogP contribution in [-0.2, 0) is 0 Å². The molecule has 0 radical (unpaired) electrons. The lowest BCUT2D eigenvalue weighted by Crippen LogP contribution is -1.91. The Balaban J connectivity index is 1.40. The normalized spacial score (nSPS) is 12.1. The molecule has 12 rings (SSSR count). The van der Waals surface area contributed by atoms with Crippen molar-refractivity contribution in [3.8, 4) is 44.5 Å². The highest BCUT2D eigenvalue weighted by Crippen LogP contribution is 2.55. The smallest absolute Gasteiger partial charge is 0.000719 e. The van der Waals surface area contributed by atoms with Gasteiger partial charge in [-0.25, -0.2) is 0 Å². The van der Waals surface area contributed by atoms with E-state index in [0.29, 0.717) is 0 Å². The molecule has 0 amide bonds. The van der Waals surface area contributed by atoms with Crippen molar-refractivity contribution in [2.75, 3.05) is 0 Å². The van der Waals surface area contributed by atoms with E-state index in [1.807, 2.05) is 0 Å². The summed E-state index contributed by atoms with van der Waals surface area (Å²) in [6.07, 6.45) is 0. The second-order valence-electron chi connectivity index (χ2n) is 14.7. The van der Waals surface area contributed by atoms with Gasteiger partial charge in [0.1, 0.15) is 0 Å². The summed E-state index contributed by atoms with van der Waals surface area (Å²) in [7, 11) is 0. The second kappa shape index (κ2) is 11.2. The van der Waals surface area contributed by atoms with Gasteiger partial charge in [-0.1, -0.05) is 176 Å². The Bertz CT molecular complexity index is 3380. The highest BCUT2D eigenvalue weighted by Gasteiger charge is 2.27. The summed E-state index contributed by atoms with van der Waals surface area (Å²) in [6.45, 7) is 0. The van der Waals surface area contributed by atoms with E-state index in [2.05, 4.69) is 194 Å². The fourth-order valence-electron chi connectivity index (χ4n) is 9.74. The molecule has 0 spiro atoms. The molecule has 0 bridgehead atoms. The molecule has 0 heteroatoms. The summed E-state index contributed by atoms with van der Waals surface area (Å²) >= 11 is 0. The zero-order valence-corrected chi connectivity index (χ0v) is 29.5. The molecule has 0 saturated heterocycles. The molecule has 248 valence electrons. The van der Waals surface area contributed by atoms with Crippen LogP contribution in [0.1, 0.15) is 0 Å². The first-order valence-corrected chi connectivity index (χ1v) is 18.9. The average molecular weight is 681 g/mol. The number of fused-ring (bicyclic) bond motifs is 8. The van der Waals surface area contributed by atoms with Crippen molar-refractivity contribution in [2.45, 2.75) is 0 Å². The third kappa shape index (κ3) is 4.03. The molecule has 0 atom stereocenters. The van der Waals surface area contributed by atoms with Crippen LogP contribution in [0.15, 0.2) is 194 Å². The fourth-order valence-corrected chi connectivity index (χ4v) is 9.74. The van der Waals surface area contributed by atoms with E-state index in [0.717, 1.165) is 0 Å². The average Bonchev–Trinajstić information content (AvgIpc) is 3.75. The van der Waals surface area contributed by atoms with E-state index in [1.54, 1.807) is 0 Å². The number of rotatable bonds is 4. The van der Waals surface area contributed by atoms with Gasteiger partial charge in [0, 0.05) is 0 Å². The van der Waals surface area contributed by atoms with Crippen molar-refractivity contribution in [2.24, 2.45) is 0 Å². The predicted molar refractivity (Wildman–Crippen MR) is 233 cm³/mol. The van der Waals surface area contributed by atoms with Crippen LogP contribution in [0.25, 0.3) is 120 Å². The SMILES string of the molecule is c1ccc(-c2cc3c4ccccc4c4cc5c(-c6ccccc6)c6c7cccc8c(-c9ccccc9)ccc(c6c(-c6ccccc6)c5c(c2)c34)c87)cc1. The van der Waals surface area contributed by atoms with E-state index in [9.17, 15) is 0 Å². The molecule has 0 aliphatic rings. The van der Waals surface area contributed by atoms with Gasteiger partial charge in [0.2, 0.25) is 0 Å². The Morgan fingerprint density at radius 1 is 0.185 bits per heavy atom. The minimum Gasteiger partial charge on any atom is -0.0622 e. The molecule has 12 aromatic carbocycles. The van der Waals surface area contributed by atoms with Crippen molar-refractivity contribution >= 4 is 75.4 Å². The van der Waals surface area contributed by atoms with Crippen LogP contribution in [0.5, 0.6) is 0 Å². The molecule has 12 aromatic rings. The standard InChI is InChI=1S/C54H32/c1-5-16-33(17-6-1)37-30-44-39-24-13-14-25-40(39)45-32-47-48(35-20-9-3-10-21-35)53-42-27-15-26-41-38(34-18-7-2-8-19-34)28-29-43(50(41)42)54(53)49(36-22-11-4-12-23-36)52(47)46(31-37)51(44)45/h1-32H. The maximum atomic E-state index is 2.53. The van der Waals surface area contributed by atoms with Gasteiger partial charge < -0.3 is 0 Å². The van der Waals surface area contributed by atoms with Gasteiger partial charge in [-0.2, -0.15) is 0 Å². The quantitative estimate of drug-likeness (QED) is 0.162. The van der Waals surface area contributed by atoms with Crippen LogP contribution in [0.2, 0.25) is 0 Å². The monoisotopic (exact) mass is 680 g/mol. The minimum absolute atomic E-state index is 1.23. The first kappa shape index (κ1) is 29.5. The van der Waals surface area contributed by atoms with Gasteiger partial charge in [0.15, 0.2) is 0 Å². The molecule has 0 saturated carbocycles. The molecule has 0 aliphatic carbocycles. The summed E-state index contributed by atoms with van der Waals surface area (Å²) in [5.41, 5.74) is 10.1. The van der Waals surface area contributed by atoms with Crippen LogP contribution in [-0.4, -0.2) is 0 Å². The first-order valence-electron chi connectivity index (χ1n) is 18.9. The van der Waals surface area contributed by atoms with Crippen molar-refractivity contribution in [3.63, 3.8) is 0 Å². The van der Waals surface area contributed by atoms with Gasteiger partial charge in [-0.3, -0.25) is 0 Å². The second-order valence-corrected chi connectivity index (χ2v) is 14.7. The summed E-state index contributed by atoms with van der Waals surface area (Å²) in [5.74, 6) is 0. The highest BCUT2D eigenvalue weighted by molar-refractivity contribution is 6.45. The van der Waals surface area contributed by atoms with E-state index < -0.39 is 0 Å². The molecule has 54 heavy (non-hydrogen) atoms. The van der Waals surface area contributed by atoms with E-state index in [-0.39, 0.29) is 0 Å². The molecular formula is C54H32. The Labute approximate surface area is 312 Å². The lowest BCUT2D eigenvalue weighted by Gasteiger charge is -2.19. The first-order chi connectivity index (χ1) is 26.8. The van der Waals surface area contributed by atoms with Crippen molar-refractivity contribution in [1.29, 1.82) is 0 Å². The van der Waals surface area contributed by atoms with Crippen LogP contribution >= 0.6 is 0 Å². The number of hydrogen-bond acceptors (Lipinski definition) is 0. The molecule has 0 heterocycles. The van der Waals surface area contributed by atoms with E-state index in [4.69, 9.17) is 0 Å².